The number of hydrogen-bond acceptors (Lipinski definition) is 3. The fourth-order valence-corrected chi connectivity index (χ4v) is 2.07. The van der Waals surface area contributed by atoms with Gasteiger partial charge in [-0.1, -0.05) is 0 Å². The van der Waals surface area contributed by atoms with Gasteiger partial charge in [0.05, 0.1) is 12.5 Å². The second kappa shape index (κ2) is 7.20. The number of rotatable bonds is 6. The molecule has 0 aliphatic heterocycles. The Kier molecular flexibility index (Phi) is 5.91. The van der Waals surface area contributed by atoms with Crippen LogP contribution in [-0.4, -0.2) is 54.9 Å². The van der Waals surface area contributed by atoms with Crippen LogP contribution in [0.2, 0.25) is 0 Å². The van der Waals surface area contributed by atoms with Gasteiger partial charge in [-0.2, -0.15) is 0 Å². The third kappa shape index (κ3) is 4.52. The van der Waals surface area contributed by atoms with Crippen LogP contribution in [0.4, 0.5) is 4.79 Å². The second-order valence-corrected chi connectivity index (χ2v) is 4.61. The van der Waals surface area contributed by atoms with Crippen molar-refractivity contribution in [3.8, 4) is 0 Å². The summed E-state index contributed by atoms with van der Waals surface area (Å²) >= 11 is 0. The number of carboxylic acid groups (broad SMARTS) is 1. The lowest BCUT2D eigenvalue weighted by Crippen LogP contribution is -2.43. The minimum absolute atomic E-state index is 0.0202. The van der Waals surface area contributed by atoms with E-state index in [2.05, 4.69) is 5.32 Å². The lowest BCUT2D eigenvalue weighted by molar-refractivity contribution is -0.141. The Morgan fingerprint density at radius 3 is 2.72 bits per heavy atom. The van der Waals surface area contributed by atoms with Crippen molar-refractivity contribution in [1.29, 1.82) is 0 Å². The fraction of sp³-hybridized carbons (Fsp3) is 0.833. The van der Waals surface area contributed by atoms with Crippen LogP contribution in [0, 0.1) is 5.92 Å². The van der Waals surface area contributed by atoms with Crippen LogP contribution in [0.5, 0.6) is 0 Å². The molecule has 0 aromatic heterocycles. The zero-order valence-corrected chi connectivity index (χ0v) is 11.0. The van der Waals surface area contributed by atoms with Crippen LogP contribution in [0.1, 0.15) is 26.2 Å². The van der Waals surface area contributed by atoms with Gasteiger partial charge in [0.25, 0.3) is 0 Å². The molecule has 1 aliphatic carbocycles. The van der Waals surface area contributed by atoms with E-state index in [1.54, 1.807) is 11.9 Å². The van der Waals surface area contributed by atoms with Gasteiger partial charge in [-0.3, -0.25) is 4.79 Å². The summed E-state index contributed by atoms with van der Waals surface area (Å²) in [7, 11) is 1.71. The van der Waals surface area contributed by atoms with Crippen molar-refractivity contribution >= 4 is 12.0 Å². The summed E-state index contributed by atoms with van der Waals surface area (Å²) in [6, 6.07) is -0.182. The number of nitrogens with zero attached hydrogens (tertiary/aromatic N) is 1. The molecule has 0 bridgehead atoms. The van der Waals surface area contributed by atoms with Crippen molar-refractivity contribution < 1.29 is 19.4 Å². The van der Waals surface area contributed by atoms with E-state index in [-0.39, 0.29) is 18.0 Å². The summed E-state index contributed by atoms with van der Waals surface area (Å²) in [5.41, 5.74) is 0. The minimum Gasteiger partial charge on any atom is -0.481 e. The molecule has 6 heteroatoms. The lowest BCUT2D eigenvalue weighted by Gasteiger charge is -2.20. The maximum Gasteiger partial charge on any atom is 0.317 e. The highest BCUT2D eigenvalue weighted by molar-refractivity contribution is 5.75. The smallest absolute Gasteiger partial charge is 0.317 e. The Morgan fingerprint density at radius 2 is 2.17 bits per heavy atom. The van der Waals surface area contributed by atoms with Gasteiger partial charge in [-0.15, -0.1) is 0 Å². The number of carboxylic acids is 1. The Bertz CT molecular complexity index is 296. The molecule has 6 nitrogen and oxygen atoms in total. The molecule has 18 heavy (non-hydrogen) atoms. The largest absolute Gasteiger partial charge is 0.481 e. The van der Waals surface area contributed by atoms with E-state index in [9.17, 15) is 9.59 Å². The highest BCUT2D eigenvalue weighted by Crippen LogP contribution is 2.25. The first-order chi connectivity index (χ1) is 8.54. The van der Waals surface area contributed by atoms with Crippen molar-refractivity contribution in [2.75, 3.05) is 26.8 Å². The number of hydrogen-bond donors (Lipinski definition) is 2. The molecule has 1 aliphatic rings. The number of nitrogens with one attached hydrogen (secondary N) is 1. The first-order valence-corrected chi connectivity index (χ1v) is 6.36. The summed E-state index contributed by atoms with van der Waals surface area (Å²) in [6.45, 7) is 3.60. The molecule has 1 fully saturated rings. The summed E-state index contributed by atoms with van der Waals surface area (Å²) in [6.07, 6.45) is 1.91. The van der Waals surface area contributed by atoms with E-state index in [1.165, 1.54) is 0 Å². The molecular formula is C12H22N2O4. The van der Waals surface area contributed by atoms with Crippen LogP contribution in [-0.2, 0) is 9.53 Å². The lowest BCUT2D eigenvalue weighted by atomic mass is 10.1. The SMILES string of the molecule is CCOCCN(C)C(=O)N[C@H]1CC[C@@H](C(=O)O)C1. The van der Waals surface area contributed by atoms with Gasteiger partial charge in [0.15, 0.2) is 0 Å². The summed E-state index contributed by atoms with van der Waals surface area (Å²) in [5, 5.41) is 11.7. The molecule has 1 rings (SSSR count). The van der Waals surface area contributed by atoms with Crippen molar-refractivity contribution in [1.82, 2.24) is 10.2 Å². The molecule has 1 saturated carbocycles. The highest BCUT2D eigenvalue weighted by atomic mass is 16.5. The molecule has 0 unspecified atom stereocenters. The van der Waals surface area contributed by atoms with E-state index < -0.39 is 5.97 Å². The van der Waals surface area contributed by atoms with Gasteiger partial charge in [0.1, 0.15) is 0 Å². The molecule has 0 heterocycles. The average Bonchev–Trinajstić information content (AvgIpc) is 2.77. The van der Waals surface area contributed by atoms with Gasteiger partial charge < -0.3 is 20.1 Å². The first-order valence-electron chi connectivity index (χ1n) is 6.36. The predicted octanol–water partition coefficient (Wildman–Crippen LogP) is 0.918. The average molecular weight is 258 g/mol. The van der Waals surface area contributed by atoms with Gasteiger partial charge >= 0.3 is 12.0 Å². The number of urea groups is 1. The Labute approximate surface area is 107 Å². The summed E-state index contributed by atoms with van der Waals surface area (Å²) < 4.78 is 5.17. The summed E-state index contributed by atoms with van der Waals surface area (Å²) in [5.74, 6) is -1.08. The van der Waals surface area contributed by atoms with Crippen molar-refractivity contribution in [3.63, 3.8) is 0 Å². The zero-order chi connectivity index (χ0) is 13.5. The van der Waals surface area contributed by atoms with E-state index in [0.717, 1.165) is 6.42 Å². The van der Waals surface area contributed by atoms with Gasteiger partial charge in [0.2, 0.25) is 0 Å². The Morgan fingerprint density at radius 1 is 1.44 bits per heavy atom. The highest BCUT2D eigenvalue weighted by Gasteiger charge is 2.30. The minimum atomic E-state index is -0.767. The number of aliphatic carboxylic acids is 1. The van der Waals surface area contributed by atoms with Crippen LogP contribution in [0.25, 0.3) is 0 Å². The van der Waals surface area contributed by atoms with Gasteiger partial charge in [0, 0.05) is 26.2 Å². The van der Waals surface area contributed by atoms with Gasteiger partial charge in [-0.05, 0) is 26.2 Å². The number of carbonyl (C=O) groups excluding carboxylic acids is 1. The Balaban J connectivity index is 2.26. The molecule has 2 amide bonds. The van der Waals surface area contributed by atoms with E-state index in [0.29, 0.717) is 32.6 Å². The molecule has 0 spiro atoms. The Hall–Kier alpha value is -1.30. The van der Waals surface area contributed by atoms with E-state index in [1.807, 2.05) is 6.92 Å². The topological polar surface area (TPSA) is 78.9 Å². The first kappa shape index (κ1) is 14.8. The molecule has 2 N–H and O–H groups in total. The number of carbonyl (C=O) groups is 2. The third-order valence-electron chi connectivity index (χ3n) is 3.23. The normalized spacial score (nSPS) is 22.8. The van der Waals surface area contributed by atoms with Crippen LogP contribution >= 0.6 is 0 Å². The maximum atomic E-state index is 11.8. The maximum absolute atomic E-state index is 11.8. The van der Waals surface area contributed by atoms with Crippen LogP contribution in [0.3, 0.4) is 0 Å². The molecular weight excluding hydrogens is 236 g/mol. The molecule has 2 atom stereocenters. The van der Waals surface area contributed by atoms with Crippen LogP contribution < -0.4 is 5.32 Å². The molecule has 0 radical (unpaired) electrons. The molecule has 0 aromatic rings. The van der Waals surface area contributed by atoms with Crippen LogP contribution in [0.15, 0.2) is 0 Å². The molecule has 0 saturated heterocycles. The summed E-state index contributed by atoms with van der Waals surface area (Å²) in [4.78, 5) is 24.1. The molecule has 104 valence electrons. The van der Waals surface area contributed by atoms with Crippen molar-refractivity contribution in [2.24, 2.45) is 5.92 Å². The molecule has 0 aromatic carbocycles. The van der Waals surface area contributed by atoms with Crippen molar-refractivity contribution in [3.05, 3.63) is 0 Å². The quantitative estimate of drug-likeness (QED) is 0.694. The van der Waals surface area contributed by atoms with Gasteiger partial charge in [-0.25, -0.2) is 4.79 Å². The fourth-order valence-electron chi connectivity index (χ4n) is 2.07. The zero-order valence-electron chi connectivity index (χ0n) is 11.0. The predicted molar refractivity (Wildman–Crippen MR) is 66.4 cm³/mol. The van der Waals surface area contributed by atoms with Crippen molar-refractivity contribution in [2.45, 2.75) is 32.2 Å². The number of ether oxygens (including phenoxy) is 1. The number of likely N-dealkylation sites (N-methyl/N-ethyl adjacent to an activating group) is 1. The van der Waals surface area contributed by atoms with E-state index in [4.69, 9.17) is 9.84 Å². The second-order valence-electron chi connectivity index (χ2n) is 4.61. The monoisotopic (exact) mass is 258 g/mol. The third-order valence-corrected chi connectivity index (χ3v) is 3.23. The standard InChI is InChI=1S/C12H22N2O4/c1-3-18-7-6-14(2)12(17)13-10-5-4-9(8-10)11(15)16/h9-10H,3-8H2,1-2H3,(H,13,17)(H,15,16)/t9-,10+/m1/s1. The van der Waals surface area contributed by atoms with E-state index >= 15 is 0 Å². The number of amides is 2.